The van der Waals surface area contributed by atoms with Gasteiger partial charge in [0.25, 0.3) is 0 Å². The Bertz CT molecular complexity index is 506. The second-order valence-corrected chi connectivity index (χ2v) is 7.76. The molecule has 25 heavy (non-hydrogen) atoms. The van der Waals surface area contributed by atoms with Crippen LogP contribution in [0, 0.1) is 23.3 Å². The minimum Gasteiger partial charge on any atom is -0.393 e. The first-order chi connectivity index (χ1) is 12.0. The van der Waals surface area contributed by atoms with Crippen molar-refractivity contribution in [2.75, 3.05) is 13.2 Å². The molecule has 143 valence electrons. The second kappa shape index (κ2) is 12.4. The largest absolute Gasteiger partial charge is 0.393 e. The van der Waals surface area contributed by atoms with Gasteiger partial charge < -0.3 is 8.85 Å². The number of rotatable bonds is 13. The van der Waals surface area contributed by atoms with Gasteiger partial charge in [-0.3, -0.25) is 0 Å². The highest BCUT2D eigenvalue weighted by atomic mass is 28.3. The summed E-state index contributed by atoms with van der Waals surface area (Å²) in [7, 11) is -1.23. The van der Waals surface area contributed by atoms with Crippen molar-refractivity contribution in [3.63, 3.8) is 0 Å². The number of aryl methyl sites for hydroxylation is 1. The molecule has 0 saturated carbocycles. The molecule has 1 rings (SSSR count). The van der Waals surface area contributed by atoms with E-state index >= 15 is 0 Å². The zero-order valence-corrected chi connectivity index (χ0v) is 16.0. The van der Waals surface area contributed by atoms with Crippen molar-refractivity contribution < 1.29 is 26.4 Å². The van der Waals surface area contributed by atoms with Crippen molar-refractivity contribution in [2.24, 2.45) is 0 Å². The monoisotopic (exact) mass is 379 g/mol. The van der Waals surface area contributed by atoms with Gasteiger partial charge in [0.2, 0.25) is 0 Å². The van der Waals surface area contributed by atoms with Crippen LogP contribution in [0.2, 0.25) is 6.04 Å². The Hall–Kier alpha value is -0.923. The summed E-state index contributed by atoms with van der Waals surface area (Å²) in [6.07, 6.45) is 5.35. The number of unbranched alkanes of at least 4 members (excludes halogenated alkanes) is 3. The third kappa shape index (κ3) is 7.88. The van der Waals surface area contributed by atoms with Crippen molar-refractivity contribution in [3.8, 4) is 0 Å². The third-order valence-electron chi connectivity index (χ3n) is 3.69. The van der Waals surface area contributed by atoms with Crippen LogP contribution >= 0.6 is 0 Å². The van der Waals surface area contributed by atoms with E-state index in [9.17, 15) is 17.6 Å². The lowest BCUT2D eigenvalue weighted by Crippen LogP contribution is -2.23. The molecule has 1 aromatic carbocycles. The second-order valence-electron chi connectivity index (χ2n) is 5.94. The zero-order valence-electron chi connectivity index (χ0n) is 15.0. The Morgan fingerprint density at radius 3 is 2.00 bits per heavy atom. The van der Waals surface area contributed by atoms with Crippen LogP contribution in [0.15, 0.2) is 6.07 Å². The van der Waals surface area contributed by atoms with Crippen LogP contribution in [0.5, 0.6) is 0 Å². The zero-order chi connectivity index (χ0) is 18.7. The molecule has 1 aromatic rings. The minimum atomic E-state index is -1.75. The first-order valence-electron chi connectivity index (χ1n) is 8.94. The fourth-order valence-electron chi connectivity index (χ4n) is 2.36. The summed E-state index contributed by atoms with van der Waals surface area (Å²) in [6.45, 7) is 5.52. The van der Waals surface area contributed by atoms with E-state index in [0.717, 1.165) is 44.2 Å². The van der Waals surface area contributed by atoms with Gasteiger partial charge in [0.15, 0.2) is 23.3 Å². The SMILES string of the molecule is CCCO[Si](CCCCCCc1cc(F)c(F)c(F)c1F)OCCC. The molecule has 0 atom stereocenters. The summed E-state index contributed by atoms with van der Waals surface area (Å²) in [5.74, 6) is -6.12. The number of hydrogen-bond acceptors (Lipinski definition) is 2. The molecule has 2 nitrogen and oxygen atoms in total. The summed E-state index contributed by atoms with van der Waals surface area (Å²) < 4.78 is 64.2. The summed E-state index contributed by atoms with van der Waals surface area (Å²) in [4.78, 5) is 0. The molecule has 0 aliphatic rings. The van der Waals surface area contributed by atoms with Crippen molar-refractivity contribution in [3.05, 3.63) is 34.9 Å². The van der Waals surface area contributed by atoms with Gasteiger partial charge in [-0.15, -0.1) is 0 Å². The van der Waals surface area contributed by atoms with Gasteiger partial charge in [-0.25, -0.2) is 17.6 Å². The molecule has 0 aromatic heterocycles. The Morgan fingerprint density at radius 1 is 0.800 bits per heavy atom. The summed E-state index contributed by atoms with van der Waals surface area (Å²) in [6, 6.07) is 1.63. The fraction of sp³-hybridized carbons (Fsp3) is 0.667. The molecule has 0 fully saturated rings. The molecule has 0 aliphatic heterocycles. The molecule has 0 N–H and O–H groups in total. The number of hydrogen-bond donors (Lipinski definition) is 0. The highest BCUT2D eigenvalue weighted by molar-refractivity contribution is 6.44. The molecule has 0 aliphatic carbocycles. The van der Waals surface area contributed by atoms with Gasteiger partial charge >= 0.3 is 9.28 Å². The maximum Gasteiger partial charge on any atom is 0.384 e. The van der Waals surface area contributed by atoms with E-state index in [4.69, 9.17) is 8.85 Å². The predicted molar refractivity (Wildman–Crippen MR) is 91.5 cm³/mol. The van der Waals surface area contributed by atoms with Crippen molar-refractivity contribution in [1.82, 2.24) is 0 Å². The van der Waals surface area contributed by atoms with E-state index in [-0.39, 0.29) is 12.0 Å². The standard InChI is InChI=1S/C18H27F4O2Si/c1-3-10-23-25(24-11-4-2)12-8-6-5-7-9-14-13-15(19)17(21)18(22)16(14)20/h13H,3-12H2,1-2H3. The lowest BCUT2D eigenvalue weighted by molar-refractivity contribution is 0.195. The third-order valence-corrected chi connectivity index (χ3v) is 5.50. The van der Waals surface area contributed by atoms with Crippen LogP contribution in [-0.4, -0.2) is 22.5 Å². The van der Waals surface area contributed by atoms with Gasteiger partial charge in [-0.1, -0.05) is 33.1 Å². The Balaban J connectivity index is 2.29. The molecular weight excluding hydrogens is 352 g/mol. The van der Waals surface area contributed by atoms with Gasteiger partial charge in [0.05, 0.1) is 0 Å². The van der Waals surface area contributed by atoms with E-state index in [2.05, 4.69) is 13.8 Å². The van der Waals surface area contributed by atoms with E-state index in [0.29, 0.717) is 19.6 Å². The van der Waals surface area contributed by atoms with Crippen LogP contribution in [0.25, 0.3) is 0 Å². The van der Waals surface area contributed by atoms with Crippen molar-refractivity contribution in [1.29, 1.82) is 0 Å². The number of benzene rings is 1. The molecule has 0 heterocycles. The highest BCUT2D eigenvalue weighted by Gasteiger charge is 2.18. The normalized spacial score (nSPS) is 11.5. The molecular formula is C18H27F4O2Si. The van der Waals surface area contributed by atoms with Crippen LogP contribution in [0.1, 0.15) is 57.9 Å². The summed E-state index contributed by atoms with van der Waals surface area (Å²) in [5, 5.41) is 0. The Morgan fingerprint density at radius 2 is 1.40 bits per heavy atom. The lowest BCUT2D eigenvalue weighted by Gasteiger charge is -2.14. The molecule has 0 saturated heterocycles. The molecule has 7 heteroatoms. The quantitative estimate of drug-likeness (QED) is 0.144. The van der Waals surface area contributed by atoms with E-state index in [1.807, 2.05) is 0 Å². The van der Waals surface area contributed by atoms with Crippen molar-refractivity contribution in [2.45, 2.75) is 64.8 Å². The van der Waals surface area contributed by atoms with Crippen LogP contribution < -0.4 is 0 Å². The summed E-state index contributed by atoms with van der Waals surface area (Å²) >= 11 is 0. The van der Waals surface area contributed by atoms with E-state index in [1.165, 1.54) is 0 Å². The maximum atomic E-state index is 13.5. The van der Waals surface area contributed by atoms with Gasteiger partial charge in [-0.2, -0.15) is 0 Å². The van der Waals surface area contributed by atoms with Gasteiger partial charge in [0, 0.05) is 13.2 Å². The fourth-order valence-corrected chi connectivity index (χ4v) is 4.13. The molecule has 0 spiro atoms. The molecule has 1 radical (unpaired) electrons. The van der Waals surface area contributed by atoms with Crippen LogP contribution in [0.3, 0.4) is 0 Å². The highest BCUT2D eigenvalue weighted by Crippen LogP contribution is 2.21. The van der Waals surface area contributed by atoms with E-state index in [1.54, 1.807) is 0 Å². The smallest absolute Gasteiger partial charge is 0.384 e. The Kier molecular flexibility index (Phi) is 11.0. The van der Waals surface area contributed by atoms with Crippen molar-refractivity contribution >= 4 is 9.28 Å². The molecule has 0 unspecified atom stereocenters. The summed E-state index contributed by atoms with van der Waals surface area (Å²) in [5.41, 5.74) is -0.112. The predicted octanol–water partition coefficient (Wildman–Crippen LogP) is 5.69. The topological polar surface area (TPSA) is 18.5 Å². The first-order valence-corrected chi connectivity index (χ1v) is 10.5. The van der Waals surface area contributed by atoms with Gasteiger partial charge in [0.1, 0.15) is 0 Å². The van der Waals surface area contributed by atoms with Crippen LogP contribution in [-0.2, 0) is 15.3 Å². The maximum absolute atomic E-state index is 13.5. The minimum absolute atomic E-state index is 0.112. The average molecular weight is 379 g/mol. The molecule has 0 amide bonds. The average Bonchev–Trinajstić information content (AvgIpc) is 2.61. The lowest BCUT2D eigenvalue weighted by atomic mass is 10.1. The first kappa shape index (κ1) is 22.1. The Labute approximate surface area is 149 Å². The molecule has 0 bridgehead atoms. The van der Waals surface area contributed by atoms with E-state index < -0.39 is 32.6 Å². The van der Waals surface area contributed by atoms with Crippen LogP contribution in [0.4, 0.5) is 17.6 Å². The van der Waals surface area contributed by atoms with Gasteiger partial charge in [-0.05, 0) is 43.4 Å². The number of halogens is 4.